The fourth-order valence-corrected chi connectivity index (χ4v) is 4.92. The minimum Gasteiger partial charge on any atom is -0.448 e. The second kappa shape index (κ2) is 10.6. The maximum absolute atomic E-state index is 13.3. The van der Waals surface area contributed by atoms with E-state index in [2.05, 4.69) is 11.9 Å². The number of nitrogens with one attached hydrogen (secondary N) is 1. The van der Waals surface area contributed by atoms with Crippen molar-refractivity contribution in [2.24, 2.45) is 0 Å². The number of rotatable bonds is 8. The van der Waals surface area contributed by atoms with Crippen molar-refractivity contribution in [3.8, 4) is 0 Å². The monoisotopic (exact) mass is 506 g/mol. The van der Waals surface area contributed by atoms with Gasteiger partial charge < -0.3 is 9.47 Å². The molecule has 2 aromatic carbocycles. The molecule has 0 radical (unpaired) electrons. The molecule has 2 aromatic rings. The number of non-ortho nitro benzene ring substituents is 2. The van der Waals surface area contributed by atoms with Crippen LogP contribution in [0.3, 0.4) is 0 Å². The number of nitro groups is 2. The van der Waals surface area contributed by atoms with Gasteiger partial charge in [-0.1, -0.05) is 23.8 Å². The van der Waals surface area contributed by atoms with Crippen LogP contribution in [-0.4, -0.2) is 60.6 Å². The number of carbonyl (C=O) groups is 1. The molecular formula is C21H22N4O9S. The lowest BCUT2D eigenvalue weighted by Crippen LogP contribution is -2.53. The van der Waals surface area contributed by atoms with Crippen LogP contribution in [0.2, 0.25) is 0 Å². The topological polar surface area (TPSA) is 171 Å². The summed E-state index contributed by atoms with van der Waals surface area (Å²) in [6, 6.07) is 8.01. The highest BCUT2D eigenvalue weighted by atomic mass is 32.2. The smallest absolute Gasteiger partial charge is 0.411 e. The Balaban J connectivity index is 1.75. The molecule has 14 heteroatoms. The summed E-state index contributed by atoms with van der Waals surface area (Å²) in [5.74, 6) is 0. The van der Waals surface area contributed by atoms with E-state index in [4.69, 9.17) is 9.47 Å². The average molecular weight is 506 g/mol. The molecule has 0 spiro atoms. The molecule has 0 aliphatic carbocycles. The molecule has 0 aromatic heterocycles. The first kappa shape index (κ1) is 25.7. The first-order valence-corrected chi connectivity index (χ1v) is 11.7. The molecule has 1 aliphatic heterocycles. The molecule has 13 nitrogen and oxygen atoms in total. The number of sulfonamides is 1. The van der Waals surface area contributed by atoms with Crippen molar-refractivity contribution in [3.63, 3.8) is 0 Å². The molecule has 1 N–H and O–H groups in total. The first-order chi connectivity index (χ1) is 16.5. The van der Waals surface area contributed by atoms with E-state index in [1.807, 2.05) is 6.92 Å². The molecule has 1 amide bonds. The van der Waals surface area contributed by atoms with E-state index in [9.17, 15) is 33.4 Å². The summed E-state index contributed by atoms with van der Waals surface area (Å²) in [7, 11) is -3.96. The number of benzene rings is 2. The summed E-state index contributed by atoms with van der Waals surface area (Å²) in [6.07, 6.45) is -0.180. The van der Waals surface area contributed by atoms with Gasteiger partial charge in [0.15, 0.2) is 0 Å². The number of hydrogen-bond donors (Lipinski definition) is 1. The summed E-state index contributed by atoms with van der Waals surface area (Å²) >= 11 is 0. The predicted molar refractivity (Wildman–Crippen MR) is 124 cm³/mol. The maximum Gasteiger partial charge on any atom is 0.411 e. The zero-order chi connectivity index (χ0) is 25.8. The predicted octanol–water partition coefficient (Wildman–Crippen LogP) is 3.00. The Labute approximate surface area is 200 Å². The summed E-state index contributed by atoms with van der Waals surface area (Å²) in [6.45, 7) is 4.92. The van der Waals surface area contributed by atoms with Crippen molar-refractivity contribution in [2.45, 2.75) is 24.0 Å². The number of morpholine rings is 1. The van der Waals surface area contributed by atoms with Crippen LogP contribution in [-0.2, 0) is 19.5 Å². The van der Waals surface area contributed by atoms with Crippen LogP contribution in [0.5, 0.6) is 0 Å². The maximum atomic E-state index is 13.3. The highest BCUT2D eigenvalue weighted by Gasteiger charge is 2.37. The van der Waals surface area contributed by atoms with Crippen LogP contribution in [0, 0.1) is 27.2 Å². The first-order valence-electron chi connectivity index (χ1n) is 10.2. The third kappa shape index (κ3) is 6.17. The minimum absolute atomic E-state index is 0.0492. The van der Waals surface area contributed by atoms with Crippen molar-refractivity contribution < 1.29 is 32.5 Å². The number of anilines is 1. The fourth-order valence-electron chi connectivity index (χ4n) is 3.31. The van der Waals surface area contributed by atoms with E-state index < -0.39 is 56.1 Å². The number of ether oxygens (including phenoxy) is 2. The Morgan fingerprint density at radius 3 is 2.34 bits per heavy atom. The number of nitro benzene ring substituents is 2. The lowest BCUT2D eigenvalue weighted by Gasteiger charge is -2.37. The number of hydrogen-bond acceptors (Lipinski definition) is 9. The Kier molecular flexibility index (Phi) is 7.78. The number of carbonyl (C=O) groups excluding carboxylic acids is 1. The van der Waals surface area contributed by atoms with Crippen molar-refractivity contribution in [1.82, 2.24) is 4.31 Å². The summed E-state index contributed by atoms with van der Waals surface area (Å²) in [4.78, 5) is 32.7. The molecular weight excluding hydrogens is 484 g/mol. The molecule has 2 atom stereocenters. The zero-order valence-corrected chi connectivity index (χ0v) is 19.3. The molecule has 186 valence electrons. The number of aryl methyl sites for hydroxylation is 1. The van der Waals surface area contributed by atoms with Gasteiger partial charge in [-0.15, -0.1) is 6.58 Å². The van der Waals surface area contributed by atoms with Crippen LogP contribution in [0.25, 0.3) is 0 Å². The minimum atomic E-state index is -3.96. The molecule has 0 saturated carbocycles. The van der Waals surface area contributed by atoms with Gasteiger partial charge in [0, 0.05) is 18.7 Å². The van der Waals surface area contributed by atoms with Crippen molar-refractivity contribution in [2.75, 3.05) is 25.1 Å². The van der Waals surface area contributed by atoms with Gasteiger partial charge in [-0.2, -0.15) is 4.31 Å². The van der Waals surface area contributed by atoms with Crippen molar-refractivity contribution in [3.05, 3.63) is 80.9 Å². The summed E-state index contributed by atoms with van der Waals surface area (Å²) < 4.78 is 38.4. The molecule has 3 rings (SSSR count). The van der Waals surface area contributed by atoms with E-state index in [1.54, 1.807) is 12.1 Å². The number of nitrogens with zero attached hydrogens (tertiary/aromatic N) is 3. The van der Waals surface area contributed by atoms with Gasteiger partial charge in [0.25, 0.3) is 11.4 Å². The molecule has 1 aliphatic rings. The standard InChI is InChI=1S/C21H22N4O9S/c1-3-19-11-23(35(31,32)20-6-4-14(2)5-7-20)18(12-33-19)13-34-21(26)22-15-8-16(24(27)28)10-17(9-15)25(29)30/h3-10,18-19H,1,11-13H2,2H3,(H,22,26)/t18-,19-/m0/s1. The molecule has 0 unspecified atom stereocenters. The normalized spacial score (nSPS) is 18.4. The lowest BCUT2D eigenvalue weighted by atomic mass is 10.2. The average Bonchev–Trinajstić information content (AvgIpc) is 2.82. The molecule has 35 heavy (non-hydrogen) atoms. The quantitative estimate of drug-likeness (QED) is 0.321. The number of amides is 1. The second-order valence-corrected chi connectivity index (χ2v) is 9.52. The van der Waals surface area contributed by atoms with Crippen LogP contribution >= 0.6 is 0 Å². The highest BCUT2D eigenvalue weighted by molar-refractivity contribution is 7.89. The second-order valence-electron chi connectivity index (χ2n) is 7.62. The van der Waals surface area contributed by atoms with Gasteiger partial charge in [-0.05, 0) is 19.1 Å². The largest absolute Gasteiger partial charge is 0.448 e. The molecule has 1 heterocycles. The molecule has 0 bridgehead atoms. The van der Waals surface area contributed by atoms with Gasteiger partial charge in [0.05, 0.1) is 45.2 Å². The Morgan fingerprint density at radius 1 is 1.20 bits per heavy atom. The summed E-state index contributed by atoms with van der Waals surface area (Å²) in [5, 5.41) is 24.2. The van der Waals surface area contributed by atoms with Gasteiger partial charge >= 0.3 is 6.09 Å². The van der Waals surface area contributed by atoms with Crippen LogP contribution < -0.4 is 5.32 Å². The summed E-state index contributed by atoms with van der Waals surface area (Å²) in [5.41, 5.74) is -0.540. The molecule has 1 fully saturated rings. The van der Waals surface area contributed by atoms with Gasteiger partial charge in [0.2, 0.25) is 10.0 Å². The van der Waals surface area contributed by atoms with Crippen LogP contribution in [0.15, 0.2) is 60.0 Å². The van der Waals surface area contributed by atoms with E-state index in [1.165, 1.54) is 22.5 Å². The van der Waals surface area contributed by atoms with Crippen molar-refractivity contribution in [1.29, 1.82) is 0 Å². The zero-order valence-electron chi connectivity index (χ0n) is 18.5. The SMILES string of the molecule is C=C[C@H]1CN(S(=O)(=O)c2ccc(C)cc2)[C@H](COC(=O)Nc2cc([N+](=O)[O-])cc([N+](=O)[O-])c2)CO1. The third-order valence-electron chi connectivity index (χ3n) is 5.14. The fraction of sp³-hybridized carbons (Fsp3) is 0.286. The lowest BCUT2D eigenvalue weighted by molar-refractivity contribution is -0.394. The van der Waals surface area contributed by atoms with Gasteiger partial charge in [-0.3, -0.25) is 25.5 Å². The van der Waals surface area contributed by atoms with Gasteiger partial charge in [0.1, 0.15) is 6.61 Å². The third-order valence-corrected chi connectivity index (χ3v) is 7.07. The Bertz CT molecular complexity index is 1220. The van der Waals surface area contributed by atoms with Crippen molar-refractivity contribution >= 4 is 33.2 Å². The van der Waals surface area contributed by atoms with Crippen LogP contribution in [0.1, 0.15) is 5.56 Å². The molecule has 1 saturated heterocycles. The highest BCUT2D eigenvalue weighted by Crippen LogP contribution is 2.27. The van der Waals surface area contributed by atoms with E-state index in [0.29, 0.717) is 0 Å². The van der Waals surface area contributed by atoms with Gasteiger partial charge in [-0.25, -0.2) is 13.2 Å². The van der Waals surface area contributed by atoms with Crippen LogP contribution in [0.4, 0.5) is 21.9 Å². The Hall–Kier alpha value is -3.88. The van der Waals surface area contributed by atoms with E-state index in [-0.39, 0.29) is 23.7 Å². The van der Waals surface area contributed by atoms with E-state index in [0.717, 1.165) is 23.8 Å². The Morgan fingerprint density at radius 2 is 1.80 bits per heavy atom. The van der Waals surface area contributed by atoms with E-state index >= 15 is 0 Å².